The van der Waals surface area contributed by atoms with Gasteiger partial charge in [-0.3, -0.25) is 4.79 Å². The molecular weight excluding hydrogens is 371 g/mol. The number of hydrogen-bond acceptors (Lipinski definition) is 3. The van der Waals surface area contributed by atoms with Crippen molar-refractivity contribution in [2.75, 3.05) is 5.32 Å². The van der Waals surface area contributed by atoms with Gasteiger partial charge in [-0.05, 0) is 38.1 Å². The number of rotatable bonds is 3. The molecule has 0 unspecified atom stereocenters. The van der Waals surface area contributed by atoms with Gasteiger partial charge in [0.15, 0.2) is 0 Å². The zero-order valence-electron chi connectivity index (χ0n) is 15.2. The van der Waals surface area contributed by atoms with E-state index in [9.17, 15) is 18.0 Å². The molecule has 0 saturated heterocycles. The third kappa shape index (κ3) is 3.19. The summed E-state index contributed by atoms with van der Waals surface area (Å²) in [5.41, 5.74) is 0.429. The topological polar surface area (TPSA) is 60.1 Å². The lowest BCUT2D eigenvalue weighted by Gasteiger charge is -2.23. The molecule has 3 aromatic rings. The van der Waals surface area contributed by atoms with Gasteiger partial charge in [0.2, 0.25) is 5.91 Å². The Morgan fingerprint density at radius 1 is 1.25 bits per heavy atom. The largest absolute Gasteiger partial charge is 0.460 e. The molecule has 1 aromatic carbocycles. The molecule has 1 aliphatic heterocycles. The first-order chi connectivity index (χ1) is 13.2. The van der Waals surface area contributed by atoms with E-state index in [0.717, 1.165) is 17.7 Å². The predicted molar refractivity (Wildman–Crippen MR) is 96.8 cm³/mol. The number of anilines is 1. The van der Waals surface area contributed by atoms with Crippen LogP contribution in [-0.2, 0) is 11.0 Å². The summed E-state index contributed by atoms with van der Waals surface area (Å²) in [6.45, 7) is 3.92. The van der Waals surface area contributed by atoms with Crippen LogP contribution in [0.3, 0.4) is 0 Å². The van der Waals surface area contributed by atoms with E-state index >= 15 is 0 Å². The van der Waals surface area contributed by atoms with E-state index in [2.05, 4.69) is 10.4 Å². The number of nitrogens with zero attached hydrogens (tertiary/aromatic N) is 2. The van der Waals surface area contributed by atoms with E-state index < -0.39 is 11.7 Å². The monoisotopic (exact) mass is 389 g/mol. The first kappa shape index (κ1) is 18.3. The minimum absolute atomic E-state index is 0.0695. The number of aromatic nitrogens is 2. The molecule has 1 N–H and O–H groups in total. The Hall–Kier alpha value is -3.03. The van der Waals surface area contributed by atoms with Crippen molar-refractivity contribution < 1.29 is 22.4 Å². The molecule has 1 atom stereocenters. The van der Waals surface area contributed by atoms with Crippen LogP contribution < -0.4 is 5.32 Å². The van der Waals surface area contributed by atoms with Crippen LogP contribution in [0, 0.1) is 0 Å². The van der Waals surface area contributed by atoms with E-state index in [0.29, 0.717) is 22.9 Å². The smallest absolute Gasteiger partial charge is 0.416 e. The van der Waals surface area contributed by atoms with Crippen molar-refractivity contribution in [2.24, 2.45) is 0 Å². The molecule has 5 nitrogen and oxygen atoms in total. The van der Waals surface area contributed by atoms with Crippen molar-refractivity contribution in [2.45, 2.75) is 38.4 Å². The molecule has 0 saturated carbocycles. The van der Waals surface area contributed by atoms with Crippen LogP contribution in [0.15, 0.2) is 47.0 Å². The van der Waals surface area contributed by atoms with E-state index in [1.165, 1.54) is 6.07 Å². The van der Waals surface area contributed by atoms with E-state index in [1.807, 2.05) is 13.8 Å². The van der Waals surface area contributed by atoms with Gasteiger partial charge in [0.25, 0.3) is 0 Å². The molecule has 8 heteroatoms. The fourth-order valence-electron chi connectivity index (χ4n) is 3.43. The average Bonchev–Trinajstić information content (AvgIpc) is 3.27. The molecule has 1 amide bonds. The fraction of sp³-hybridized carbons (Fsp3) is 0.300. The molecule has 1 aliphatic rings. The number of furan rings is 1. The van der Waals surface area contributed by atoms with Crippen LogP contribution in [0.1, 0.15) is 49.1 Å². The number of benzene rings is 1. The van der Waals surface area contributed by atoms with Crippen molar-refractivity contribution in [3.8, 4) is 11.3 Å². The third-order valence-corrected chi connectivity index (χ3v) is 4.78. The van der Waals surface area contributed by atoms with Gasteiger partial charge in [0, 0.05) is 23.6 Å². The molecule has 0 radical (unpaired) electrons. The third-order valence-electron chi connectivity index (χ3n) is 4.78. The minimum atomic E-state index is -4.42. The summed E-state index contributed by atoms with van der Waals surface area (Å²) in [5, 5.41) is 7.19. The van der Waals surface area contributed by atoms with Crippen LogP contribution in [0.25, 0.3) is 11.3 Å². The van der Waals surface area contributed by atoms with Gasteiger partial charge in [0.05, 0.1) is 17.7 Å². The number of alkyl halides is 3. The Morgan fingerprint density at radius 2 is 2.04 bits per heavy atom. The Labute approximate surface area is 159 Å². The molecular formula is C20H18F3N3O2. The number of nitrogens with one attached hydrogen (secondary N) is 1. The normalized spacial score (nSPS) is 16.9. The Balaban J connectivity index is 1.70. The van der Waals surface area contributed by atoms with Crippen LogP contribution in [-0.4, -0.2) is 15.7 Å². The van der Waals surface area contributed by atoms with Crippen LogP contribution in [0.2, 0.25) is 0 Å². The van der Waals surface area contributed by atoms with Crippen molar-refractivity contribution in [1.82, 2.24) is 9.78 Å². The molecule has 0 spiro atoms. The number of hydrogen-bond donors (Lipinski definition) is 1. The lowest BCUT2D eigenvalue weighted by atomic mass is 9.92. The van der Waals surface area contributed by atoms with Gasteiger partial charge in [-0.15, -0.1) is 0 Å². The SMILES string of the molecule is CC(C)n1ncc2c1NC(=O)C[C@H]2c1ccc(-c2cccc(C(F)(F)F)c2)o1. The zero-order valence-corrected chi connectivity index (χ0v) is 15.2. The van der Waals surface area contributed by atoms with Gasteiger partial charge >= 0.3 is 6.18 Å². The van der Waals surface area contributed by atoms with Gasteiger partial charge in [-0.1, -0.05) is 12.1 Å². The van der Waals surface area contributed by atoms with E-state index in [1.54, 1.807) is 29.1 Å². The van der Waals surface area contributed by atoms with E-state index in [-0.39, 0.29) is 24.3 Å². The lowest BCUT2D eigenvalue weighted by molar-refractivity contribution is -0.137. The summed E-state index contributed by atoms with van der Waals surface area (Å²) in [5.74, 6) is 0.984. The Bertz CT molecular complexity index is 1030. The highest BCUT2D eigenvalue weighted by atomic mass is 19.4. The van der Waals surface area contributed by atoms with Crippen LogP contribution >= 0.6 is 0 Å². The standard InChI is InChI=1S/C20H18F3N3O2/c1-11(2)26-19-15(10-24-26)14(9-18(27)25-19)17-7-6-16(28-17)12-4-3-5-13(8-12)20(21,22)23/h3-8,10-11,14H,9H2,1-2H3,(H,25,27)/t14-/m1/s1. The minimum Gasteiger partial charge on any atom is -0.460 e. The highest BCUT2D eigenvalue weighted by Gasteiger charge is 2.33. The Kier molecular flexibility index (Phi) is 4.28. The second-order valence-corrected chi connectivity index (χ2v) is 7.07. The number of halogens is 3. The summed E-state index contributed by atoms with van der Waals surface area (Å²) in [6.07, 6.45) is -2.54. The highest BCUT2D eigenvalue weighted by molar-refractivity contribution is 5.94. The lowest BCUT2D eigenvalue weighted by Crippen LogP contribution is -2.25. The summed E-state index contributed by atoms with van der Waals surface area (Å²) >= 11 is 0. The molecule has 0 bridgehead atoms. The average molecular weight is 389 g/mol. The van der Waals surface area contributed by atoms with Crippen molar-refractivity contribution in [1.29, 1.82) is 0 Å². The van der Waals surface area contributed by atoms with Crippen LogP contribution in [0.4, 0.5) is 19.0 Å². The molecule has 0 fully saturated rings. The summed E-state index contributed by atoms with van der Waals surface area (Å²) < 4.78 is 46.5. The van der Waals surface area contributed by atoms with Crippen LogP contribution in [0.5, 0.6) is 0 Å². The maximum absolute atomic E-state index is 13.0. The first-order valence-electron chi connectivity index (χ1n) is 8.88. The summed E-state index contributed by atoms with van der Waals surface area (Å²) in [6, 6.07) is 8.38. The fourth-order valence-corrected chi connectivity index (χ4v) is 3.43. The van der Waals surface area contributed by atoms with Gasteiger partial charge in [-0.2, -0.15) is 18.3 Å². The highest BCUT2D eigenvalue weighted by Crippen LogP contribution is 2.40. The number of carbonyl (C=O) groups is 1. The maximum atomic E-state index is 13.0. The van der Waals surface area contributed by atoms with Crippen molar-refractivity contribution >= 4 is 11.7 Å². The molecule has 3 heterocycles. The molecule has 0 aliphatic carbocycles. The second-order valence-electron chi connectivity index (χ2n) is 7.07. The number of carbonyl (C=O) groups excluding carboxylic acids is 1. The molecule has 2 aromatic heterocycles. The summed E-state index contributed by atoms with van der Waals surface area (Å²) in [7, 11) is 0. The number of fused-ring (bicyclic) bond motifs is 1. The molecule has 4 rings (SSSR count). The van der Waals surface area contributed by atoms with Crippen molar-refractivity contribution in [3.05, 3.63) is 59.5 Å². The maximum Gasteiger partial charge on any atom is 0.416 e. The van der Waals surface area contributed by atoms with Gasteiger partial charge in [-0.25, -0.2) is 4.68 Å². The summed E-state index contributed by atoms with van der Waals surface area (Å²) in [4.78, 5) is 12.2. The van der Waals surface area contributed by atoms with E-state index in [4.69, 9.17) is 4.42 Å². The predicted octanol–water partition coefficient (Wildman–Crippen LogP) is 5.22. The molecule has 146 valence electrons. The van der Waals surface area contributed by atoms with Crippen molar-refractivity contribution in [3.63, 3.8) is 0 Å². The van der Waals surface area contributed by atoms with Gasteiger partial charge < -0.3 is 9.73 Å². The van der Waals surface area contributed by atoms with Gasteiger partial charge in [0.1, 0.15) is 17.3 Å². The number of amides is 1. The second kappa shape index (κ2) is 6.54. The zero-order chi connectivity index (χ0) is 20.1. The first-order valence-corrected chi connectivity index (χ1v) is 8.88. The molecule has 28 heavy (non-hydrogen) atoms. The quantitative estimate of drug-likeness (QED) is 0.668. The Morgan fingerprint density at radius 3 is 2.75 bits per heavy atom.